The van der Waals surface area contributed by atoms with Gasteiger partial charge < -0.3 is 19.4 Å². The first kappa shape index (κ1) is 77.2. The van der Waals surface area contributed by atoms with E-state index in [-0.39, 0.29) is 25.1 Å². The van der Waals surface area contributed by atoms with Gasteiger partial charge >= 0.3 is 13.8 Å². The molecule has 3 unspecified atom stereocenters. The van der Waals surface area contributed by atoms with Crippen LogP contribution in [0.15, 0.2) is 36.5 Å². The molecule has 10 heteroatoms. The van der Waals surface area contributed by atoms with Gasteiger partial charge in [0.2, 0.25) is 5.91 Å². The summed E-state index contributed by atoms with van der Waals surface area (Å²) in [6, 6.07) is -0.843. The van der Waals surface area contributed by atoms with Crippen molar-refractivity contribution in [3.05, 3.63) is 36.5 Å². The third kappa shape index (κ3) is 60.6. The Morgan fingerprint density at radius 2 is 0.772 bits per heavy atom. The Hall–Kier alpha value is -1.77. The van der Waals surface area contributed by atoms with E-state index in [2.05, 4.69) is 50.4 Å². The number of rotatable bonds is 63. The second kappa shape index (κ2) is 59.4. The SMILES string of the molecule is CCCCC/C=C\C/C=C\CCCCCCCCCCCCCCCCCCCC(=O)NC(COP(=O)(O)OCC[N+](C)(C)C)C(/C=C\CCCCCCCCCCC)OC(=O)CCCCCCCCCCCCCCCCC. The van der Waals surface area contributed by atoms with Crippen molar-refractivity contribution in [2.24, 2.45) is 0 Å². The Balaban J connectivity index is 4.94. The Bertz CT molecular complexity index is 1450. The molecule has 0 aliphatic carbocycles. The molecule has 0 bridgehead atoms. The van der Waals surface area contributed by atoms with Gasteiger partial charge in [-0.3, -0.25) is 18.6 Å². The fourth-order valence-electron chi connectivity index (χ4n) is 10.3. The summed E-state index contributed by atoms with van der Waals surface area (Å²) in [5.74, 6) is -0.487. The van der Waals surface area contributed by atoms with Gasteiger partial charge in [-0.05, 0) is 63.9 Å². The second-order valence-electron chi connectivity index (χ2n) is 24.7. The molecule has 0 aromatic carbocycles. The largest absolute Gasteiger partial charge is 0.472 e. The van der Waals surface area contributed by atoms with Crippen molar-refractivity contribution in [2.45, 2.75) is 354 Å². The quantitative estimate of drug-likeness (QED) is 0.0205. The fourth-order valence-corrected chi connectivity index (χ4v) is 11.0. The lowest BCUT2D eigenvalue weighted by Crippen LogP contribution is -2.47. The summed E-state index contributed by atoms with van der Waals surface area (Å²) >= 11 is 0. The molecule has 1 amide bonds. The van der Waals surface area contributed by atoms with Crippen LogP contribution < -0.4 is 5.32 Å². The molecule has 79 heavy (non-hydrogen) atoms. The van der Waals surface area contributed by atoms with Crippen molar-refractivity contribution in [3.63, 3.8) is 0 Å². The van der Waals surface area contributed by atoms with Gasteiger partial charge in [0, 0.05) is 12.8 Å². The third-order valence-electron chi connectivity index (χ3n) is 15.6. The number of nitrogens with zero attached hydrogens (tertiary/aromatic N) is 1. The maximum atomic E-state index is 13.6. The number of amides is 1. The summed E-state index contributed by atoms with van der Waals surface area (Å²) in [4.78, 5) is 37.8. The first-order valence-corrected chi connectivity index (χ1v) is 35.8. The van der Waals surface area contributed by atoms with E-state index in [1.54, 1.807) is 0 Å². The van der Waals surface area contributed by atoms with Crippen LogP contribution in [0.4, 0.5) is 0 Å². The Labute approximate surface area is 491 Å². The van der Waals surface area contributed by atoms with Crippen LogP contribution in [0.5, 0.6) is 0 Å². The predicted octanol–water partition coefficient (Wildman–Crippen LogP) is 21.5. The molecule has 0 fully saturated rings. The van der Waals surface area contributed by atoms with E-state index in [0.717, 1.165) is 64.2 Å². The third-order valence-corrected chi connectivity index (χ3v) is 16.6. The van der Waals surface area contributed by atoms with Gasteiger partial charge in [-0.15, -0.1) is 0 Å². The number of hydrogen-bond acceptors (Lipinski definition) is 6. The topological polar surface area (TPSA) is 111 Å². The van der Waals surface area contributed by atoms with Crippen LogP contribution in [0.25, 0.3) is 0 Å². The van der Waals surface area contributed by atoms with E-state index in [9.17, 15) is 19.0 Å². The highest BCUT2D eigenvalue weighted by Crippen LogP contribution is 2.43. The molecule has 0 rings (SSSR count). The van der Waals surface area contributed by atoms with Crippen molar-refractivity contribution >= 4 is 19.7 Å². The molecule has 2 N–H and O–H groups in total. The zero-order valence-electron chi connectivity index (χ0n) is 53.4. The molecule has 0 aliphatic rings. The van der Waals surface area contributed by atoms with Crippen molar-refractivity contribution in [3.8, 4) is 0 Å². The number of quaternary nitrogens is 1. The first-order chi connectivity index (χ1) is 38.4. The summed E-state index contributed by atoms with van der Waals surface area (Å²) in [7, 11) is 1.51. The molecule has 0 spiro atoms. The molecular formula is C69H134N2O7P+. The van der Waals surface area contributed by atoms with Gasteiger partial charge in [0.25, 0.3) is 0 Å². The van der Waals surface area contributed by atoms with Gasteiger partial charge in [0.1, 0.15) is 19.3 Å². The fraction of sp³-hybridized carbons (Fsp3) is 0.884. The summed E-state index contributed by atoms with van der Waals surface area (Å²) in [5, 5.41) is 3.07. The molecule has 0 saturated carbocycles. The minimum Gasteiger partial charge on any atom is -0.456 e. The number of hydrogen-bond donors (Lipinski definition) is 2. The summed E-state index contributed by atoms with van der Waals surface area (Å²) in [6.45, 7) is 7.03. The van der Waals surface area contributed by atoms with E-state index < -0.39 is 20.0 Å². The smallest absolute Gasteiger partial charge is 0.456 e. The van der Waals surface area contributed by atoms with Crippen LogP contribution >= 0.6 is 7.82 Å². The number of unbranched alkanes of at least 4 members (excludes halogenated alkanes) is 43. The number of esters is 1. The molecular weight excluding hydrogens is 1000 g/mol. The number of ether oxygens (including phenoxy) is 1. The van der Waals surface area contributed by atoms with Gasteiger partial charge in [0.05, 0.1) is 33.8 Å². The van der Waals surface area contributed by atoms with Crippen molar-refractivity contribution < 1.29 is 37.3 Å². The molecule has 0 radical (unpaired) electrons. The second-order valence-corrected chi connectivity index (χ2v) is 26.2. The monoisotopic (exact) mass is 1130 g/mol. The number of phosphoric ester groups is 1. The minimum absolute atomic E-state index is 0.0436. The molecule has 0 saturated heterocycles. The Morgan fingerprint density at radius 3 is 1.16 bits per heavy atom. The number of carbonyl (C=O) groups is 2. The zero-order valence-corrected chi connectivity index (χ0v) is 54.3. The number of phosphoric acid groups is 1. The normalized spacial score (nSPS) is 13.8. The van der Waals surface area contributed by atoms with Crippen molar-refractivity contribution in [2.75, 3.05) is 40.9 Å². The number of carbonyl (C=O) groups excluding carboxylic acids is 2. The average molecular weight is 1130 g/mol. The highest BCUT2D eigenvalue weighted by molar-refractivity contribution is 7.47. The summed E-state index contributed by atoms with van der Waals surface area (Å²) in [6.07, 6.45) is 73.0. The van der Waals surface area contributed by atoms with E-state index in [0.29, 0.717) is 23.9 Å². The molecule has 3 atom stereocenters. The lowest BCUT2D eigenvalue weighted by atomic mass is 10.0. The van der Waals surface area contributed by atoms with Crippen LogP contribution in [0.1, 0.15) is 342 Å². The molecule has 0 aromatic rings. The Morgan fingerprint density at radius 1 is 0.443 bits per heavy atom. The standard InChI is InChI=1S/C69H133N2O7P/c1-7-10-13-16-19-22-25-27-29-30-31-32-33-34-35-36-37-38-39-40-42-43-46-49-52-55-58-61-68(72)70-66(65-77-79(74,75)76-64-63-71(4,5)6)67(60-57-54-51-48-45-24-21-18-15-12-9-3)78-69(73)62-59-56-53-50-47-44-41-28-26-23-20-17-14-11-8-2/h19,22,27,29,57,60,66-67H,7-18,20-21,23-26,28,30-56,58-59,61-65H2,1-6H3,(H-,70,72,74,75)/p+1/b22-19-,29-27-,60-57-. The summed E-state index contributed by atoms with van der Waals surface area (Å²) < 4.78 is 30.8. The highest BCUT2D eigenvalue weighted by Gasteiger charge is 2.30. The highest BCUT2D eigenvalue weighted by atomic mass is 31.2. The number of likely N-dealkylation sites (N-methyl/N-ethyl adjacent to an activating group) is 1. The van der Waals surface area contributed by atoms with Gasteiger partial charge in [-0.25, -0.2) is 4.57 Å². The summed E-state index contributed by atoms with van der Waals surface area (Å²) in [5.41, 5.74) is 0. The predicted molar refractivity (Wildman–Crippen MR) is 342 cm³/mol. The van der Waals surface area contributed by atoms with Gasteiger partial charge in [-0.1, -0.05) is 302 Å². The number of allylic oxidation sites excluding steroid dienone is 5. The molecule has 0 heterocycles. The van der Waals surface area contributed by atoms with Crippen LogP contribution in [0.2, 0.25) is 0 Å². The van der Waals surface area contributed by atoms with Crippen LogP contribution in [-0.4, -0.2) is 74.3 Å². The van der Waals surface area contributed by atoms with E-state index in [1.165, 1.54) is 244 Å². The van der Waals surface area contributed by atoms with Crippen LogP contribution in [-0.2, 0) is 27.9 Å². The maximum absolute atomic E-state index is 13.6. The van der Waals surface area contributed by atoms with Crippen molar-refractivity contribution in [1.29, 1.82) is 0 Å². The van der Waals surface area contributed by atoms with E-state index >= 15 is 0 Å². The van der Waals surface area contributed by atoms with Crippen LogP contribution in [0, 0.1) is 0 Å². The van der Waals surface area contributed by atoms with Gasteiger partial charge in [-0.2, -0.15) is 0 Å². The van der Waals surface area contributed by atoms with Crippen LogP contribution in [0.3, 0.4) is 0 Å². The van der Waals surface area contributed by atoms with Crippen molar-refractivity contribution in [1.82, 2.24) is 5.32 Å². The van der Waals surface area contributed by atoms with Gasteiger partial charge in [0.15, 0.2) is 0 Å². The lowest BCUT2D eigenvalue weighted by molar-refractivity contribution is -0.870. The lowest BCUT2D eigenvalue weighted by Gasteiger charge is -2.27. The molecule has 9 nitrogen and oxygen atoms in total. The first-order valence-electron chi connectivity index (χ1n) is 34.3. The zero-order chi connectivity index (χ0) is 57.9. The average Bonchev–Trinajstić information content (AvgIpc) is 3.41. The molecule has 0 aromatic heterocycles. The van der Waals surface area contributed by atoms with E-state index in [4.69, 9.17) is 13.8 Å². The van der Waals surface area contributed by atoms with E-state index in [1.807, 2.05) is 33.3 Å². The maximum Gasteiger partial charge on any atom is 0.472 e. The number of nitrogens with one attached hydrogen (secondary N) is 1. The Kier molecular flexibility index (Phi) is 58.1. The minimum atomic E-state index is -4.44. The molecule has 466 valence electrons. The molecule has 0 aliphatic heterocycles.